The molecule has 0 aliphatic carbocycles. The molecule has 0 saturated carbocycles. The minimum absolute atomic E-state index is 0.106. The minimum Gasteiger partial charge on any atom is -0.450 e. The molecule has 1 aliphatic rings. The Labute approximate surface area is 354 Å². The molecule has 0 aromatic heterocycles. The molecular weight excluding hydrogens is 757 g/mol. The van der Waals surface area contributed by atoms with Crippen molar-refractivity contribution in [3.8, 4) is 0 Å². The number of hydrogen-bond donors (Lipinski definition) is 4. The molecule has 6 amide bonds. The first kappa shape index (κ1) is 53.3. The number of amides is 6. The zero-order chi connectivity index (χ0) is 45.5. The van der Waals surface area contributed by atoms with E-state index in [9.17, 15) is 38.7 Å². The van der Waals surface area contributed by atoms with Crippen LogP contribution in [0.5, 0.6) is 0 Å². The summed E-state index contributed by atoms with van der Waals surface area (Å²) in [5.41, 5.74) is -1.87. The van der Waals surface area contributed by atoms with Gasteiger partial charge < -0.3 is 40.5 Å². The fraction of sp³-hybridized carbons (Fsp3) is 0.841. The predicted molar refractivity (Wildman–Crippen MR) is 228 cm³/mol. The lowest BCUT2D eigenvalue weighted by molar-refractivity contribution is -0.177. The summed E-state index contributed by atoms with van der Waals surface area (Å²) >= 11 is 0. The summed E-state index contributed by atoms with van der Waals surface area (Å²) in [4.78, 5) is 102. The quantitative estimate of drug-likeness (QED) is 0.248. The van der Waals surface area contributed by atoms with Crippen molar-refractivity contribution in [2.75, 3.05) is 27.7 Å². The van der Waals surface area contributed by atoms with Gasteiger partial charge in [-0.2, -0.15) is 0 Å². The first-order chi connectivity index (χ1) is 27.3. The standard InChI is InChI=1S/C44H80N6O9/c1-16-29(9)33-41(55)48(13)35(28(7)8)39(53)46-31(25-26(3)4)40(54)50(15)37(44(11,12)58)43(57)59-36(30(10)17-2)42(56)49(14)34(27(5)6)38(52)45-24-22-20-18-19-21-23-32(51)47-33/h26-31,33-37,58H,16-25H2,1-15H3,(H,45,52)(H,46,53)(H,47,51)/t29-,30-,31-,33-,34-,35-,36+,37+/m0/s1. The first-order valence-corrected chi connectivity index (χ1v) is 21.9. The number of aliphatic hydroxyl groups is 1. The first-order valence-electron chi connectivity index (χ1n) is 21.9. The molecule has 1 rings (SSSR count). The molecule has 0 radical (unpaired) electrons. The molecule has 1 fully saturated rings. The minimum atomic E-state index is -1.87. The summed E-state index contributed by atoms with van der Waals surface area (Å²) in [5.74, 6) is -5.43. The lowest BCUT2D eigenvalue weighted by Crippen LogP contribution is -2.62. The van der Waals surface area contributed by atoms with Gasteiger partial charge in [-0.05, 0) is 63.2 Å². The van der Waals surface area contributed by atoms with Gasteiger partial charge in [0.15, 0.2) is 12.1 Å². The van der Waals surface area contributed by atoms with Gasteiger partial charge in [-0.25, -0.2) is 4.79 Å². The van der Waals surface area contributed by atoms with Gasteiger partial charge in [0.2, 0.25) is 29.5 Å². The number of ether oxygens (including phenoxy) is 1. The number of nitrogens with one attached hydrogen (secondary N) is 3. The van der Waals surface area contributed by atoms with Crippen LogP contribution in [0.2, 0.25) is 0 Å². The maximum atomic E-state index is 14.4. The molecule has 1 heterocycles. The predicted octanol–water partition coefficient (Wildman–Crippen LogP) is 4.04. The molecule has 15 nitrogen and oxygen atoms in total. The third kappa shape index (κ3) is 15.7. The van der Waals surface area contributed by atoms with Crippen molar-refractivity contribution in [2.24, 2.45) is 29.6 Å². The molecular formula is C44H80N6O9. The highest BCUT2D eigenvalue weighted by Crippen LogP contribution is 2.25. The van der Waals surface area contributed by atoms with Crippen LogP contribution in [0.15, 0.2) is 0 Å². The van der Waals surface area contributed by atoms with E-state index < -0.39 is 83.3 Å². The normalized spacial score (nSPS) is 26.7. The molecule has 59 heavy (non-hydrogen) atoms. The van der Waals surface area contributed by atoms with Crippen LogP contribution < -0.4 is 16.0 Å². The number of rotatable bonds is 9. The zero-order valence-electron chi connectivity index (χ0n) is 39.0. The summed E-state index contributed by atoms with van der Waals surface area (Å²) < 4.78 is 5.96. The van der Waals surface area contributed by atoms with Crippen molar-refractivity contribution in [3.05, 3.63) is 0 Å². The highest BCUT2D eigenvalue weighted by molar-refractivity contribution is 5.96. The van der Waals surface area contributed by atoms with Crippen LogP contribution in [0, 0.1) is 29.6 Å². The second kappa shape index (κ2) is 24.5. The summed E-state index contributed by atoms with van der Waals surface area (Å²) in [6, 6.07) is -5.56. The molecule has 4 N–H and O–H groups in total. The van der Waals surface area contributed by atoms with E-state index in [2.05, 4.69) is 16.0 Å². The fourth-order valence-corrected chi connectivity index (χ4v) is 7.79. The number of likely N-dealkylation sites (N-methyl/N-ethyl adjacent to an activating group) is 3. The van der Waals surface area contributed by atoms with Gasteiger partial charge in [0, 0.05) is 40.0 Å². The van der Waals surface area contributed by atoms with E-state index in [-0.39, 0.29) is 42.4 Å². The molecule has 0 spiro atoms. The van der Waals surface area contributed by atoms with Crippen LogP contribution in [-0.4, -0.2) is 131 Å². The second-order valence-electron chi connectivity index (χ2n) is 18.5. The van der Waals surface area contributed by atoms with Gasteiger partial charge in [-0.15, -0.1) is 0 Å². The van der Waals surface area contributed by atoms with E-state index in [1.54, 1.807) is 20.8 Å². The molecule has 0 bridgehead atoms. The monoisotopic (exact) mass is 837 g/mol. The van der Waals surface area contributed by atoms with Gasteiger partial charge in [-0.1, -0.05) is 94.9 Å². The summed E-state index contributed by atoms with van der Waals surface area (Å²) in [6.45, 7) is 21.5. The van der Waals surface area contributed by atoms with Gasteiger partial charge in [0.05, 0.1) is 5.60 Å². The fourth-order valence-electron chi connectivity index (χ4n) is 7.79. The number of nitrogens with zero attached hydrogens (tertiary/aromatic N) is 3. The third-order valence-electron chi connectivity index (χ3n) is 11.6. The highest BCUT2D eigenvalue weighted by Gasteiger charge is 2.46. The SMILES string of the molecule is CC[C@H](C)[C@@H]1NC(=O)CCCCCCCNC(=O)[C@H](C(C)C)N(C)C(=O)[C@@H]([C@@H](C)CC)OC(=O)[C@H](C(C)(C)O)N(C)C(=O)[C@H](CC(C)C)NC(=O)[C@H](C(C)C)N(C)C1=O. The van der Waals surface area contributed by atoms with Crippen LogP contribution in [0.4, 0.5) is 0 Å². The van der Waals surface area contributed by atoms with Gasteiger partial charge in [0.1, 0.15) is 24.2 Å². The Balaban J connectivity index is 3.83. The Morgan fingerprint density at radius 1 is 0.678 bits per heavy atom. The van der Waals surface area contributed by atoms with Crippen LogP contribution in [0.3, 0.4) is 0 Å². The molecule has 8 atom stereocenters. The Morgan fingerprint density at radius 2 is 1.19 bits per heavy atom. The van der Waals surface area contributed by atoms with Crippen molar-refractivity contribution in [1.82, 2.24) is 30.7 Å². The average Bonchev–Trinajstić information content (AvgIpc) is 3.13. The topological polar surface area (TPSA) is 195 Å². The Bertz CT molecular complexity index is 1410. The Kier molecular flexibility index (Phi) is 22.1. The average molecular weight is 837 g/mol. The van der Waals surface area contributed by atoms with Crippen molar-refractivity contribution in [3.63, 3.8) is 0 Å². The van der Waals surface area contributed by atoms with Gasteiger partial charge in [-0.3, -0.25) is 28.8 Å². The van der Waals surface area contributed by atoms with E-state index in [0.717, 1.165) is 24.2 Å². The molecule has 0 aromatic carbocycles. The van der Waals surface area contributed by atoms with E-state index >= 15 is 0 Å². The van der Waals surface area contributed by atoms with E-state index in [1.165, 1.54) is 44.8 Å². The van der Waals surface area contributed by atoms with Crippen LogP contribution in [-0.2, 0) is 38.3 Å². The molecule has 1 aliphatic heterocycles. The van der Waals surface area contributed by atoms with Gasteiger partial charge in [0.25, 0.3) is 5.91 Å². The number of carbonyl (C=O) groups excluding carboxylic acids is 7. The van der Waals surface area contributed by atoms with Crippen LogP contribution >= 0.6 is 0 Å². The van der Waals surface area contributed by atoms with Crippen molar-refractivity contribution >= 4 is 41.4 Å². The number of carbonyl (C=O) groups is 7. The second-order valence-corrected chi connectivity index (χ2v) is 18.5. The van der Waals surface area contributed by atoms with E-state index in [1.807, 2.05) is 48.5 Å². The van der Waals surface area contributed by atoms with Crippen molar-refractivity contribution < 1.29 is 43.4 Å². The zero-order valence-corrected chi connectivity index (χ0v) is 39.0. The molecule has 0 unspecified atom stereocenters. The maximum Gasteiger partial charge on any atom is 0.332 e. The van der Waals surface area contributed by atoms with Crippen molar-refractivity contribution in [2.45, 2.75) is 183 Å². The number of cyclic esters (lactones) is 1. The lowest BCUT2D eigenvalue weighted by atomic mass is 9.93. The molecule has 0 aromatic rings. The summed E-state index contributed by atoms with van der Waals surface area (Å²) in [5, 5.41) is 20.2. The maximum absolute atomic E-state index is 14.4. The molecule has 340 valence electrons. The number of hydrogen-bond acceptors (Lipinski definition) is 9. The Morgan fingerprint density at radius 3 is 1.69 bits per heavy atom. The van der Waals surface area contributed by atoms with Crippen LogP contribution in [0.1, 0.15) is 141 Å². The van der Waals surface area contributed by atoms with Gasteiger partial charge >= 0.3 is 5.97 Å². The lowest BCUT2D eigenvalue weighted by Gasteiger charge is -2.39. The van der Waals surface area contributed by atoms with E-state index in [0.29, 0.717) is 32.2 Å². The molecule has 15 heteroatoms. The highest BCUT2D eigenvalue weighted by atomic mass is 16.6. The largest absolute Gasteiger partial charge is 0.450 e. The Hall–Kier alpha value is -3.75. The van der Waals surface area contributed by atoms with Crippen LogP contribution in [0.25, 0.3) is 0 Å². The summed E-state index contributed by atoms with van der Waals surface area (Å²) in [7, 11) is 4.37. The van der Waals surface area contributed by atoms with Crippen molar-refractivity contribution in [1.29, 1.82) is 0 Å². The molecule has 1 saturated heterocycles. The third-order valence-corrected chi connectivity index (χ3v) is 11.6. The summed E-state index contributed by atoms with van der Waals surface area (Å²) in [6.07, 6.45) is 3.82. The smallest absolute Gasteiger partial charge is 0.332 e. The van der Waals surface area contributed by atoms with E-state index in [4.69, 9.17) is 4.74 Å². The number of esters is 1.